The molecular weight excluding hydrogens is 459 g/mol. The van der Waals surface area contributed by atoms with E-state index in [0.717, 1.165) is 3.57 Å². The Morgan fingerprint density at radius 1 is 1.30 bits per heavy atom. The van der Waals surface area contributed by atoms with Crippen LogP contribution in [-0.4, -0.2) is 41.1 Å². The number of hydrogen-bond donors (Lipinski definition) is 4. The molecule has 0 fully saturated rings. The monoisotopic (exact) mass is 474 g/mol. The fourth-order valence-corrected chi connectivity index (χ4v) is 4.99. The van der Waals surface area contributed by atoms with Crippen LogP contribution in [0.15, 0.2) is 18.2 Å². The van der Waals surface area contributed by atoms with E-state index in [0.29, 0.717) is 11.3 Å². The molecule has 0 aromatic heterocycles. The van der Waals surface area contributed by atoms with Crippen molar-refractivity contribution >= 4 is 54.2 Å². The van der Waals surface area contributed by atoms with Gasteiger partial charge in [0.25, 0.3) is 0 Å². The van der Waals surface area contributed by atoms with Gasteiger partial charge in [-0.1, -0.05) is 0 Å². The number of hydrogen-bond acceptors (Lipinski definition) is 6. The first-order valence-corrected chi connectivity index (χ1v) is 10.7. The average Bonchev–Trinajstić information content (AvgIpc) is 2.76. The predicted molar refractivity (Wildman–Crippen MR) is 93.4 cm³/mol. The fourth-order valence-electron chi connectivity index (χ4n) is 2.31. The number of benzene rings is 1. The summed E-state index contributed by atoms with van der Waals surface area (Å²) in [5, 5.41) is 6.38. The van der Waals surface area contributed by atoms with E-state index in [1.54, 1.807) is 18.2 Å². The standard InChI is InChI=1S/C11H15IN4O5S2/c12-6-1-2-8-7(5-6)10(9(16-8)11(13)17)23(20,21)15-3-4-22(14,18)19/h1-2,5,9-10,15-16H,3-4H2,(H2,13,17)(H2,14,18,19). The molecule has 2 unspecified atom stereocenters. The van der Waals surface area contributed by atoms with Crippen molar-refractivity contribution in [3.63, 3.8) is 0 Å². The topological polar surface area (TPSA) is 161 Å². The van der Waals surface area contributed by atoms with Crippen LogP contribution in [0, 0.1) is 3.57 Å². The summed E-state index contributed by atoms with van der Waals surface area (Å²) in [6.07, 6.45) is 0. The van der Waals surface area contributed by atoms with Crippen LogP contribution in [0.4, 0.5) is 5.69 Å². The molecule has 0 bridgehead atoms. The number of primary amides is 1. The van der Waals surface area contributed by atoms with Crippen LogP contribution in [0.3, 0.4) is 0 Å². The smallest absolute Gasteiger partial charge is 0.241 e. The van der Waals surface area contributed by atoms with Crippen molar-refractivity contribution in [1.29, 1.82) is 0 Å². The predicted octanol–water partition coefficient (Wildman–Crippen LogP) is -1.18. The maximum atomic E-state index is 12.5. The molecular formula is C11H15IN4O5S2. The molecule has 6 N–H and O–H groups in total. The molecule has 0 saturated heterocycles. The normalized spacial score (nSPS) is 20.8. The molecule has 1 aromatic carbocycles. The first kappa shape index (κ1) is 18.4. The third kappa shape index (κ3) is 4.32. The molecule has 1 aromatic rings. The van der Waals surface area contributed by atoms with Crippen molar-refractivity contribution in [3.05, 3.63) is 27.3 Å². The van der Waals surface area contributed by atoms with Gasteiger partial charge in [0.2, 0.25) is 26.0 Å². The number of anilines is 1. The van der Waals surface area contributed by atoms with Gasteiger partial charge in [0.1, 0.15) is 11.3 Å². The summed E-state index contributed by atoms with van der Waals surface area (Å²) in [4.78, 5) is 11.6. The lowest BCUT2D eigenvalue weighted by Crippen LogP contribution is -2.43. The molecule has 1 aliphatic heterocycles. The highest BCUT2D eigenvalue weighted by molar-refractivity contribution is 14.1. The first-order chi connectivity index (χ1) is 10.5. The Morgan fingerprint density at radius 3 is 2.52 bits per heavy atom. The van der Waals surface area contributed by atoms with Crippen LogP contribution < -0.4 is 20.9 Å². The molecule has 1 heterocycles. The van der Waals surface area contributed by atoms with E-state index in [2.05, 4.69) is 10.0 Å². The highest BCUT2D eigenvalue weighted by atomic mass is 127. The summed E-state index contributed by atoms with van der Waals surface area (Å²) in [6.45, 7) is -0.387. The van der Waals surface area contributed by atoms with Crippen LogP contribution in [-0.2, 0) is 24.8 Å². The van der Waals surface area contributed by atoms with E-state index < -0.39 is 43.0 Å². The van der Waals surface area contributed by atoms with Crippen LogP contribution in [0.25, 0.3) is 0 Å². The number of carbonyl (C=O) groups is 1. The number of nitrogens with one attached hydrogen (secondary N) is 2. The van der Waals surface area contributed by atoms with E-state index in [9.17, 15) is 21.6 Å². The second-order valence-electron chi connectivity index (χ2n) is 4.98. The zero-order valence-electron chi connectivity index (χ0n) is 11.7. The second-order valence-corrected chi connectivity index (χ2v) is 9.85. The molecule has 0 radical (unpaired) electrons. The molecule has 12 heteroatoms. The molecule has 9 nitrogen and oxygen atoms in total. The lowest BCUT2D eigenvalue weighted by atomic mass is 10.1. The van der Waals surface area contributed by atoms with Crippen molar-refractivity contribution in [2.24, 2.45) is 10.9 Å². The minimum atomic E-state index is -4.04. The largest absolute Gasteiger partial charge is 0.372 e. The summed E-state index contributed by atoms with van der Waals surface area (Å²) < 4.78 is 49.8. The summed E-state index contributed by atoms with van der Waals surface area (Å²) in [7, 11) is -7.85. The SMILES string of the molecule is NC(=O)C1Nc2ccc(I)cc2C1S(=O)(=O)NCCS(N)(=O)=O. The molecule has 2 atom stereocenters. The summed E-state index contributed by atoms with van der Waals surface area (Å²) in [5.41, 5.74) is 6.19. The molecule has 1 aliphatic rings. The van der Waals surface area contributed by atoms with Crippen molar-refractivity contribution in [2.75, 3.05) is 17.6 Å². The molecule has 0 spiro atoms. The van der Waals surface area contributed by atoms with Gasteiger partial charge in [0.15, 0.2) is 0 Å². The number of halogens is 1. The molecule has 0 aliphatic carbocycles. The van der Waals surface area contributed by atoms with Crippen LogP contribution in [0.5, 0.6) is 0 Å². The zero-order valence-corrected chi connectivity index (χ0v) is 15.5. The van der Waals surface area contributed by atoms with E-state index in [1.807, 2.05) is 22.6 Å². The average molecular weight is 474 g/mol. The Bertz CT molecular complexity index is 840. The van der Waals surface area contributed by atoms with Crippen molar-refractivity contribution in [1.82, 2.24) is 4.72 Å². The van der Waals surface area contributed by atoms with E-state index in [1.165, 1.54) is 0 Å². The minimum Gasteiger partial charge on any atom is -0.372 e. The minimum absolute atomic E-state index is 0.387. The first-order valence-electron chi connectivity index (χ1n) is 6.35. The Hall–Kier alpha value is -0.960. The molecule has 1 amide bonds. The Labute approximate surface area is 147 Å². The summed E-state index contributed by atoms with van der Waals surface area (Å²) in [5.74, 6) is -1.37. The molecule has 23 heavy (non-hydrogen) atoms. The van der Waals surface area contributed by atoms with Gasteiger partial charge in [-0.15, -0.1) is 0 Å². The Balaban J connectivity index is 2.34. The molecule has 0 saturated carbocycles. The van der Waals surface area contributed by atoms with E-state index >= 15 is 0 Å². The quantitative estimate of drug-likeness (QED) is 0.380. The third-order valence-corrected chi connectivity index (χ3v) is 6.51. The van der Waals surface area contributed by atoms with Gasteiger partial charge in [-0.05, 0) is 46.4 Å². The number of carbonyl (C=O) groups excluding carboxylic acids is 1. The summed E-state index contributed by atoms with van der Waals surface area (Å²) in [6, 6.07) is 3.91. The fraction of sp³-hybridized carbons (Fsp3) is 0.364. The van der Waals surface area contributed by atoms with Gasteiger partial charge >= 0.3 is 0 Å². The third-order valence-electron chi connectivity index (χ3n) is 3.26. The lowest BCUT2D eigenvalue weighted by molar-refractivity contribution is -0.118. The van der Waals surface area contributed by atoms with Crippen molar-refractivity contribution in [3.8, 4) is 0 Å². The highest BCUT2D eigenvalue weighted by Crippen LogP contribution is 2.39. The number of primary sulfonamides is 1. The number of amides is 1. The number of fused-ring (bicyclic) bond motifs is 1. The van der Waals surface area contributed by atoms with E-state index in [-0.39, 0.29) is 6.54 Å². The Morgan fingerprint density at radius 2 is 1.96 bits per heavy atom. The van der Waals surface area contributed by atoms with Crippen LogP contribution >= 0.6 is 22.6 Å². The van der Waals surface area contributed by atoms with Gasteiger partial charge < -0.3 is 11.1 Å². The van der Waals surface area contributed by atoms with Gasteiger partial charge in [-0.3, -0.25) is 4.79 Å². The number of sulfonamides is 2. The Kier molecular flexibility index (Phi) is 5.20. The zero-order chi connectivity index (χ0) is 17.4. The van der Waals surface area contributed by atoms with Gasteiger partial charge in [0.05, 0.1) is 5.75 Å². The maximum absolute atomic E-state index is 12.5. The highest BCUT2D eigenvalue weighted by Gasteiger charge is 2.44. The molecule has 2 rings (SSSR count). The van der Waals surface area contributed by atoms with Gasteiger partial charge in [0, 0.05) is 15.8 Å². The van der Waals surface area contributed by atoms with Gasteiger partial charge in [-0.25, -0.2) is 26.7 Å². The van der Waals surface area contributed by atoms with Crippen LogP contribution in [0.1, 0.15) is 10.8 Å². The number of nitrogens with two attached hydrogens (primary N) is 2. The lowest BCUT2D eigenvalue weighted by Gasteiger charge is -2.18. The van der Waals surface area contributed by atoms with Crippen molar-refractivity contribution < 1.29 is 21.6 Å². The maximum Gasteiger partial charge on any atom is 0.241 e. The number of rotatable bonds is 6. The molecule has 128 valence electrons. The second kappa shape index (κ2) is 6.51. The van der Waals surface area contributed by atoms with Gasteiger partial charge in [-0.2, -0.15) is 0 Å². The van der Waals surface area contributed by atoms with Crippen molar-refractivity contribution in [2.45, 2.75) is 11.3 Å². The van der Waals surface area contributed by atoms with Crippen LogP contribution in [0.2, 0.25) is 0 Å². The van der Waals surface area contributed by atoms with E-state index in [4.69, 9.17) is 10.9 Å². The summed E-state index contributed by atoms with van der Waals surface area (Å²) >= 11 is 2.02.